The molecule has 0 aromatic heterocycles. The minimum atomic E-state index is -0.267. The van der Waals surface area contributed by atoms with Gasteiger partial charge in [0, 0.05) is 6.42 Å². The Morgan fingerprint density at radius 2 is 1.85 bits per heavy atom. The Hall–Kier alpha value is -0.990. The summed E-state index contributed by atoms with van der Waals surface area (Å²) in [6.07, 6.45) is 3.76. The maximum atomic E-state index is 11.1. The Morgan fingerprint density at radius 1 is 1.15 bits per heavy atom. The molecule has 0 amide bonds. The maximum Gasteiger partial charge on any atom is 0.147 e. The number of ketones is 2. The third-order valence-electron chi connectivity index (χ3n) is 1.76. The van der Waals surface area contributed by atoms with E-state index < -0.39 is 0 Å². The van der Waals surface area contributed by atoms with Crippen LogP contribution in [0, 0.1) is 0 Å². The first-order valence-corrected chi connectivity index (χ1v) is 4.67. The van der Waals surface area contributed by atoms with Crippen LogP contribution in [0.3, 0.4) is 0 Å². The summed E-state index contributed by atoms with van der Waals surface area (Å²) in [5, 5.41) is 0. The number of carbonyl (C=O) groups is 3. The van der Waals surface area contributed by atoms with E-state index in [1.165, 1.54) is 0 Å². The molecular formula is C10H16O3. The van der Waals surface area contributed by atoms with Gasteiger partial charge in [-0.05, 0) is 6.42 Å². The Balaban J connectivity index is 3.49. The molecule has 13 heavy (non-hydrogen) atoms. The molecule has 0 N–H and O–H groups in total. The van der Waals surface area contributed by atoms with E-state index in [9.17, 15) is 14.4 Å². The lowest BCUT2D eigenvalue weighted by Gasteiger charge is -1.97. The van der Waals surface area contributed by atoms with Gasteiger partial charge < -0.3 is 4.79 Å². The van der Waals surface area contributed by atoms with Crippen molar-refractivity contribution in [3.8, 4) is 0 Å². The molecule has 0 fully saturated rings. The van der Waals surface area contributed by atoms with Gasteiger partial charge in [0.2, 0.25) is 0 Å². The van der Waals surface area contributed by atoms with E-state index in [1.54, 1.807) is 0 Å². The van der Waals surface area contributed by atoms with Crippen LogP contribution < -0.4 is 0 Å². The van der Waals surface area contributed by atoms with Gasteiger partial charge in [-0.15, -0.1) is 0 Å². The molecule has 0 aliphatic carbocycles. The van der Waals surface area contributed by atoms with Crippen molar-refractivity contribution in [3.63, 3.8) is 0 Å². The monoisotopic (exact) mass is 184 g/mol. The summed E-state index contributed by atoms with van der Waals surface area (Å²) in [7, 11) is 0. The van der Waals surface area contributed by atoms with E-state index in [0.717, 1.165) is 19.3 Å². The first-order valence-electron chi connectivity index (χ1n) is 4.67. The van der Waals surface area contributed by atoms with Crippen LogP contribution in [-0.4, -0.2) is 17.9 Å². The van der Waals surface area contributed by atoms with E-state index in [-0.39, 0.29) is 24.4 Å². The predicted octanol–water partition coefficient (Wildman–Crippen LogP) is 1.68. The summed E-state index contributed by atoms with van der Waals surface area (Å²) in [5.74, 6) is -0.309. The van der Waals surface area contributed by atoms with E-state index in [0.29, 0.717) is 12.7 Å². The summed E-state index contributed by atoms with van der Waals surface area (Å²) in [4.78, 5) is 31.8. The standard InChI is InChI=1S/C10H16O3/c1-2-3-4-5-9(12)8-10(13)6-7-11/h7H,2-6,8H2,1H3. The second-order valence-corrected chi connectivity index (χ2v) is 3.08. The van der Waals surface area contributed by atoms with Gasteiger partial charge in [-0.2, -0.15) is 0 Å². The Labute approximate surface area is 78.5 Å². The molecule has 0 aromatic carbocycles. The molecular weight excluding hydrogens is 168 g/mol. The average Bonchev–Trinajstić information content (AvgIpc) is 2.05. The van der Waals surface area contributed by atoms with Crippen molar-refractivity contribution in [2.45, 2.75) is 45.4 Å². The van der Waals surface area contributed by atoms with Crippen molar-refractivity contribution < 1.29 is 14.4 Å². The maximum absolute atomic E-state index is 11.1. The highest BCUT2D eigenvalue weighted by Gasteiger charge is 2.07. The Morgan fingerprint density at radius 3 is 2.38 bits per heavy atom. The van der Waals surface area contributed by atoms with Crippen molar-refractivity contribution >= 4 is 17.9 Å². The molecule has 0 unspecified atom stereocenters. The SMILES string of the molecule is CCCCCC(=O)CC(=O)CC=O. The molecule has 0 aromatic rings. The minimum Gasteiger partial charge on any atom is -0.303 e. The molecule has 0 saturated carbocycles. The molecule has 0 aliphatic rings. The average molecular weight is 184 g/mol. The van der Waals surface area contributed by atoms with Gasteiger partial charge >= 0.3 is 0 Å². The summed E-state index contributed by atoms with van der Waals surface area (Å²) >= 11 is 0. The van der Waals surface area contributed by atoms with Gasteiger partial charge in [-0.3, -0.25) is 9.59 Å². The largest absolute Gasteiger partial charge is 0.303 e. The van der Waals surface area contributed by atoms with Gasteiger partial charge in [0.15, 0.2) is 0 Å². The Kier molecular flexibility index (Phi) is 7.07. The molecule has 0 bridgehead atoms. The summed E-state index contributed by atoms with van der Waals surface area (Å²) < 4.78 is 0. The number of rotatable bonds is 8. The first-order chi connectivity index (χ1) is 6.20. The zero-order valence-electron chi connectivity index (χ0n) is 8.04. The van der Waals surface area contributed by atoms with E-state index in [2.05, 4.69) is 6.92 Å². The van der Waals surface area contributed by atoms with Crippen LogP contribution in [0.4, 0.5) is 0 Å². The quantitative estimate of drug-likeness (QED) is 0.327. The highest BCUT2D eigenvalue weighted by atomic mass is 16.2. The molecule has 3 nitrogen and oxygen atoms in total. The fourth-order valence-corrected chi connectivity index (χ4v) is 1.05. The van der Waals surface area contributed by atoms with Crippen molar-refractivity contribution in [3.05, 3.63) is 0 Å². The van der Waals surface area contributed by atoms with Crippen molar-refractivity contribution in [1.82, 2.24) is 0 Å². The van der Waals surface area contributed by atoms with Gasteiger partial charge in [0.1, 0.15) is 17.9 Å². The Bertz CT molecular complexity index is 185. The summed E-state index contributed by atoms with van der Waals surface area (Å²) in [6.45, 7) is 2.06. The lowest BCUT2D eigenvalue weighted by atomic mass is 10.1. The van der Waals surface area contributed by atoms with Gasteiger partial charge in [-0.25, -0.2) is 0 Å². The third kappa shape index (κ3) is 7.37. The van der Waals surface area contributed by atoms with Gasteiger partial charge in [0.25, 0.3) is 0 Å². The number of hydrogen-bond acceptors (Lipinski definition) is 3. The van der Waals surface area contributed by atoms with Crippen LogP contribution >= 0.6 is 0 Å². The van der Waals surface area contributed by atoms with Crippen molar-refractivity contribution in [2.75, 3.05) is 0 Å². The van der Waals surface area contributed by atoms with Crippen molar-refractivity contribution in [2.24, 2.45) is 0 Å². The van der Waals surface area contributed by atoms with Crippen LogP contribution in [0.2, 0.25) is 0 Å². The fourth-order valence-electron chi connectivity index (χ4n) is 1.05. The van der Waals surface area contributed by atoms with E-state index in [1.807, 2.05) is 0 Å². The minimum absolute atomic E-state index is 0.0414. The molecule has 0 aliphatic heterocycles. The number of unbranched alkanes of at least 4 members (excludes halogenated alkanes) is 2. The zero-order chi connectivity index (χ0) is 10.1. The lowest BCUT2D eigenvalue weighted by molar-refractivity contribution is -0.127. The van der Waals surface area contributed by atoms with Crippen LogP contribution in [0.5, 0.6) is 0 Å². The van der Waals surface area contributed by atoms with Gasteiger partial charge in [-0.1, -0.05) is 19.8 Å². The summed E-state index contributed by atoms with van der Waals surface area (Å²) in [6, 6.07) is 0. The molecule has 0 saturated heterocycles. The molecule has 3 heteroatoms. The fraction of sp³-hybridized carbons (Fsp3) is 0.700. The van der Waals surface area contributed by atoms with Crippen LogP contribution in [0.25, 0.3) is 0 Å². The number of carbonyl (C=O) groups excluding carboxylic acids is 3. The highest BCUT2D eigenvalue weighted by Crippen LogP contribution is 2.02. The lowest BCUT2D eigenvalue weighted by Crippen LogP contribution is -2.07. The van der Waals surface area contributed by atoms with Crippen LogP contribution in [0.15, 0.2) is 0 Å². The summed E-state index contributed by atoms with van der Waals surface area (Å²) in [5.41, 5.74) is 0. The van der Waals surface area contributed by atoms with Gasteiger partial charge in [0.05, 0.1) is 12.8 Å². The number of hydrogen-bond donors (Lipinski definition) is 0. The molecule has 0 radical (unpaired) electrons. The molecule has 0 spiro atoms. The first kappa shape index (κ1) is 12.0. The van der Waals surface area contributed by atoms with E-state index in [4.69, 9.17) is 0 Å². The second kappa shape index (κ2) is 7.65. The van der Waals surface area contributed by atoms with Crippen molar-refractivity contribution in [1.29, 1.82) is 0 Å². The van der Waals surface area contributed by atoms with Crippen LogP contribution in [0.1, 0.15) is 45.4 Å². The smallest absolute Gasteiger partial charge is 0.147 e. The molecule has 0 rings (SSSR count). The molecule has 74 valence electrons. The normalized spacial score (nSPS) is 9.62. The topological polar surface area (TPSA) is 51.2 Å². The van der Waals surface area contributed by atoms with Crippen LogP contribution in [-0.2, 0) is 14.4 Å². The molecule has 0 heterocycles. The number of aldehydes is 1. The van der Waals surface area contributed by atoms with E-state index >= 15 is 0 Å². The molecule has 0 atom stereocenters. The number of Topliss-reactive ketones (excluding diaryl/α,β-unsaturated/α-hetero) is 2. The highest BCUT2D eigenvalue weighted by molar-refractivity contribution is 6.03. The zero-order valence-corrected chi connectivity index (χ0v) is 8.04. The third-order valence-corrected chi connectivity index (χ3v) is 1.76. The second-order valence-electron chi connectivity index (χ2n) is 3.08. The predicted molar refractivity (Wildman–Crippen MR) is 49.5 cm³/mol.